The van der Waals surface area contributed by atoms with E-state index in [1.165, 1.54) is 5.56 Å². The van der Waals surface area contributed by atoms with Gasteiger partial charge >= 0.3 is 0 Å². The summed E-state index contributed by atoms with van der Waals surface area (Å²) in [6.45, 7) is 3.07. The minimum atomic E-state index is 0.649. The predicted molar refractivity (Wildman–Crippen MR) is 59.3 cm³/mol. The van der Waals surface area contributed by atoms with Gasteiger partial charge in [0.2, 0.25) is 0 Å². The monoisotopic (exact) mass is 201 g/mol. The van der Waals surface area contributed by atoms with Crippen molar-refractivity contribution in [3.63, 3.8) is 0 Å². The Kier molecular flexibility index (Phi) is 3.00. The van der Waals surface area contributed by atoms with Crippen molar-refractivity contribution in [1.82, 2.24) is 10.2 Å². The molecule has 1 aromatic rings. The molecule has 2 rings (SSSR count). The maximum absolute atomic E-state index is 8.79. The molecule has 0 spiro atoms. The van der Waals surface area contributed by atoms with Crippen molar-refractivity contribution < 1.29 is 0 Å². The van der Waals surface area contributed by atoms with Gasteiger partial charge < -0.3 is 5.32 Å². The van der Waals surface area contributed by atoms with Gasteiger partial charge in [0.15, 0.2) is 0 Å². The maximum Gasteiger partial charge on any atom is 0.0991 e. The van der Waals surface area contributed by atoms with E-state index >= 15 is 0 Å². The van der Waals surface area contributed by atoms with E-state index in [-0.39, 0.29) is 0 Å². The second-order valence-electron chi connectivity index (χ2n) is 4.04. The van der Waals surface area contributed by atoms with Crippen molar-refractivity contribution in [3.05, 3.63) is 35.4 Å². The van der Waals surface area contributed by atoms with Gasteiger partial charge in [0.25, 0.3) is 0 Å². The summed E-state index contributed by atoms with van der Waals surface area (Å²) in [7, 11) is 2.13. The standard InChI is InChI=1S/C12H15N3/c1-15(12-7-14-8-12)9-11-4-2-3-10(5-11)6-13/h2-5,12,14H,7-9H2,1H3. The highest BCUT2D eigenvalue weighted by molar-refractivity contribution is 5.32. The molecule has 1 saturated heterocycles. The first-order chi connectivity index (χ1) is 7.29. The first-order valence-electron chi connectivity index (χ1n) is 5.19. The number of benzene rings is 1. The van der Waals surface area contributed by atoms with E-state index in [1.807, 2.05) is 18.2 Å². The van der Waals surface area contributed by atoms with Crippen LogP contribution in [0.15, 0.2) is 24.3 Å². The second kappa shape index (κ2) is 4.43. The van der Waals surface area contributed by atoms with Crippen LogP contribution in [0.25, 0.3) is 0 Å². The lowest BCUT2D eigenvalue weighted by Crippen LogP contribution is -2.55. The summed E-state index contributed by atoms with van der Waals surface area (Å²) in [5, 5.41) is 12.0. The summed E-state index contributed by atoms with van der Waals surface area (Å²) in [6.07, 6.45) is 0. The summed E-state index contributed by atoms with van der Waals surface area (Å²) in [6, 6.07) is 10.6. The Balaban J connectivity index is 2.00. The number of likely N-dealkylation sites (N-methyl/N-ethyl adjacent to an activating group) is 1. The zero-order valence-electron chi connectivity index (χ0n) is 8.90. The number of nitrogens with zero attached hydrogens (tertiary/aromatic N) is 2. The van der Waals surface area contributed by atoms with Gasteiger partial charge in [-0.25, -0.2) is 0 Å². The molecule has 1 fully saturated rings. The Hall–Kier alpha value is -1.37. The fourth-order valence-corrected chi connectivity index (χ4v) is 1.74. The molecule has 1 aliphatic rings. The van der Waals surface area contributed by atoms with Gasteiger partial charge in [-0.1, -0.05) is 12.1 Å². The first-order valence-corrected chi connectivity index (χ1v) is 5.19. The van der Waals surface area contributed by atoms with Gasteiger partial charge in [0, 0.05) is 25.7 Å². The third-order valence-electron chi connectivity index (χ3n) is 2.87. The smallest absolute Gasteiger partial charge is 0.0991 e. The molecule has 15 heavy (non-hydrogen) atoms. The summed E-state index contributed by atoms with van der Waals surface area (Å²) in [5.41, 5.74) is 1.95. The normalized spacial score (nSPS) is 16.1. The van der Waals surface area contributed by atoms with E-state index in [2.05, 4.69) is 29.4 Å². The van der Waals surface area contributed by atoms with Crippen LogP contribution < -0.4 is 5.32 Å². The fraction of sp³-hybridized carbons (Fsp3) is 0.417. The highest BCUT2D eigenvalue weighted by Gasteiger charge is 2.21. The molecule has 1 aromatic carbocycles. The van der Waals surface area contributed by atoms with E-state index in [9.17, 15) is 0 Å². The van der Waals surface area contributed by atoms with Crippen LogP contribution in [-0.4, -0.2) is 31.1 Å². The molecule has 3 nitrogen and oxygen atoms in total. The summed E-state index contributed by atoms with van der Waals surface area (Å²) < 4.78 is 0. The lowest BCUT2D eigenvalue weighted by Gasteiger charge is -2.35. The molecule has 1 heterocycles. The molecule has 0 radical (unpaired) electrons. The first kappa shape index (κ1) is 10.2. The molecule has 0 saturated carbocycles. The van der Waals surface area contributed by atoms with E-state index in [1.54, 1.807) is 0 Å². The molecule has 1 aliphatic heterocycles. The van der Waals surface area contributed by atoms with Crippen LogP contribution in [0.3, 0.4) is 0 Å². The van der Waals surface area contributed by atoms with Gasteiger partial charge in [-0.2, -0.15) is 5.26 Å². The minimum absolute atomic E-state index is 0.649. The number of rotatable bonds is 3. The van der Waals surface area contributed by atoms with Crippen molar-refractivity contribution in [2.24, 2.45) is 0 Å². The van der Waals surface area contributed by atoms with E-state index in [0.717, 1.165) is 25.2 Å². The Bertz CT molecular complexity index is 377. The van der Waals surface area contributed by atoms with Gasteiger partial charge in [-0.15, -0.1) is 0 Å². The lowest BCUT2D eigenvalue weighted by atomic mass is 10.1. The van der Waals surface area contributed by atoms with Crippen molar-refractivity contribution in [2.45, 2.75) is 12.6 Å². The number of hydrogen-bond acceptors (Lipinski definition) is 3. The molecule has 0 atom stereocenters. The molecule has 3 heteroatoms. The average Bonchev–Trinajstić information content (AvgIpc) is 2.15. The van der Waals surface area contributed by atoms with E-state index in [4.69, 9.17) is 5.26 Å². The second-order valence-corrected chi connectivity index (χ2v) is 4.04. The molecule has 1 N–H and O–H groups in total. The van der Waals surface area contributed by atoms with Gasteiger partial charge in [-0.3, -0.25) is 4.90 Å². The highest BCUT2D eigenvalue weighted by atomic mass is 15.2. The maximum atomic E-state index is 8.79. The molecular weight excluding hydrogens is 186 g/mol. The van der Waals surface area contributed by atoms with Crippen LogP contribution in [0.1, 0.15) is 11.1 Å². The van der Waals surface area contributed by atoms with Crippen LogP contribution >= 0.6 is 0 Å². The van der Waals surface area contributed by atoms with Crippen molar-refractivity contribution in [1.29, 1.82) is 5.26 Å². The Morgan fingerprint density at radius 1 is 1.53 bits per heavy atom. The van der Waals surface area contributed by atoms with Crippen LogP contribution in [-0.2, 0) is 6.54 Å². The summed E-state index contributed by atoms with van der Waals surface area (Å²) in [5.74, 6) is 0. The Morgan fingerprint density at radius 2 is 2.33 bits per heavy atom. The van der Waals surface area contributed by atoms with Crippen molar-refractivity contribution in [2.75, 3.05) is 20.1 Å². The SMILES string of the molecule is CN(Cc1cccc(C#N)c1)C1CNC1. The number of nitrogens with one attached hydrogen (secondary N) is 1. The zero-order chi connectivity index (χ0) is 10.7. The quantitative estimate of drug-likeness (QED) is 0.791. The number of nitriles is 1. The lowest BCUT2D eigenvalue weighted by molar-refractivity contribution is 0.173. The van der Waals surface area contributed by atoms with Crippen molar-refractivity contribution >= 4 is 0 Å². The largest absolute Gasteiger partial charge is 0.314 e. The van der Waals surface area contributed by atoms with E-state index in [0.29, 0.717) is 6.04 Å². The van der Waals surface area contributed by atoms with Crippen LogP contribution in [0.5, 0.6) is 0 Å². The third-order valence-corrected chi connectivity index (χ3v) is 2.87. The summed E-state index contributed by atoms with van der Waals surface area (Å²) >= 11 is 0. The Morgan fingerprint density at radius 3 is 2.93 bits per heavy atom. The van der Waals surface area contributed by atoms with E-state index < -0.39 is 0 Å². The molecular formula is C12H15N3. The zero-order valence-corrected chi connectivity index (χ0v) is 8.90. The minimum Gasteiger partial charge on any atom is -0.314 e. The third kappa shape index (κ3) is 2.35. The predicted octanol–water partition coefficient (Wildman–Crippen LogP) is 0.962. The highest BCUT2D eigenvalue weighted by Crippen LogP contribution is 2.10. The Labute approximate surface area is 90.3 Å². The molecule has 78 valence electrons. The molecule has 0 aliphatic carbocycles. The van der Waals surface area contributed by atoms with Crippen LogP contribution in [0, 0.1) is 11.3 Å². The van der Waals surface area contributed by atoms with Gasteiger partial charge in [0.1, 0.15) is 0 Å². The molecule has 0 aromatic heterocycles. The molecule has 0 bridgehead atoms. The fourth-order valence-electron chi connectivity index (χ4n) is 1.74. The number of hydrogen-bond donors (Lipinski definition) is 1. The van der Waals surface area contributed by atoms with Crippen LogP contribution in [0.4, 0.5) is 0 Å². The van der Waals surface area contributed by atoms with Crippen molar-refractivity contribution in [3.8, 4) is 6.07 Å². The summed E-state index contributed by atoms with van der Waals surface area (Å²) in [4.78, 5) is 2.33. The average molecular weight is 201 g/mol. The molecule has 0 unspecified atom stereocenters. The van der Waals surface area contributed by atoms with Gasteiger partial charge in [-0.05, 0) is 24.7 Å². The molecule has 0 amide bonds. The topological polar surface area (TPSA) is 39.1 Å². The van der Waals surface area contributed by atoms with Crippen LogP contribution in [0.2, 0.25) is 0 Å². The van der Waals surface area contributed by atoms with Gasteiger partial charge in [0.05, 0.1) is 11.6 Å².